The van der Waals surface area contributed by atoms with Gasteiger partial charge in [-0.3, -0.25) is 0 Å². The van der Waals surface area contributed by atoms with Crippen LogP contribution in [0, 0.1) is 0 Å². The van der Waals surface area contributed by atoms with E-state index in [4.69, 9.17) is 23.2 Å². The summed E-state index contributed by atoms with van der Waals surface area (Å²) in [6.45, 7) is 5.21. The molecule has 84 valence electrons. The Morgan fingerprint density at radius 2 is 2.00 bits per heavy atom. The van der Waals surface area contributed by atoms with Crippen LogP contribution in [0.15, 0.2) is 18.2 Å². The van der Waals surface area contributed by atoms with Crippen molar-refractivity contribution >= 4 is 23.2 Å². The molecule has 1 nitrogen and oxygen atoms in total. The molecule has 1 N–H and O–H groups in total. The van der Waals surface area contributed by atoms with Crippen LogP contribution in [0.5, 0.6) is 0 Å². The predicted octanol–water partition coefficient (Wildman–Crippen LogP) is 4.44. The molecule has 1 unspecified atom stereocenters. The third kappa shape index (κ3) is 3.37. The van der Waals surface area contributed by atoms with E-state index in [-0.39, 0.29) is 0 Å². The molecule has 1 aromatic rings. The average Bonchev–Trinajstić information content (AvgIpc) is 2.22. The zero-order valence-electron chi connectivity index (χ0n) is 9.19. The van der Waals surface area contributed by atoms with Crippen molar-refractivity contribution in [1.29, 1.82) is 0 Å². The zero-order chi connectivity index (χ0) is 11.3. The van der Waals surface area contributed by atoms with Crippen LogP contribution < -0.4 is 5.32 Å². The van der Waals surface area contributed by atoms with Crippen LogP contribution in [-0.4, -0.2) is 6.54 Å². The van der Waals surface area contributed by atoms with Crippen molar-refractivity contribution in [3.05, 3.63) is 33.8 Å². The summed E-state index contributed by atoms with van der Waals surface area (Å²) in [5.41, 5.74) is 1.10. The average molecular weight is 246 g/mol. The van der Waals surface area contributed by atoms with E-state index in [2.05, 4.69) is 19.2 Å². The highest BCUT2D eigenvalue weighted by Gasteiger charge is 2.14. The summed E-state index contributed by atoms with van der Waals surface area (Å²) in [6, 6.07) is 6.12. The molecule has 0 fully saturated rings. The lowest BCUT2D eigenvalue weighted by molar-refractivity contribution is 0.509. The molecule has 0 saturated heterocycles. The van der Waals surface area contributed by atoms with Crippen LogP contribution in [0.3, 0.4) is 0 Å². The molecule has 0 aliphatic rings. The fraction of sp³-hybridized carbons (Fsp3) is 0.500. The molecule has 15 heavy (non-hydrogen) atoms. The van der Waals surface area contributed by atoms with E-state index in [1.54, 1.807) is 0 Å². The second kappa shape index (κ2) is 6.37. The molecule has 0 heterocycles. The molecule has 1 rings (SSSR count). The minimum Gasteiger partial charge on any atom is -0.310 e. The van der Waals surface area contributed by atoms with Gasteiger partial charge in [-0.2, -0.15) is 0 Å². The molecule has 1 aromatic carbocycles. The maximum Gasteiger partial charge on any atom is 0.0640 e. The first-order valence-corrected chi connectivity index (χ1v) is 6.13. The fourth-order valence-electron chi connectivity index (χ4n) is 1.69. The molecule has 1 atom stereocenters. The minimum absolute atomic E-state index is 0.311. The van der Waals surface area contributed by atoms with E-state index in [9.17, 15) is 0 Å². The molecular formula is C12H17Cl2N. The lowest BCUT2D eigenvalue weighted by Crippen LogP contribution is -2.21. The van der Waals surface area contributed by atoms with Gasteiger partial charge < -0.3 is 5.32 Å². The van der Waals surface area contributed by atoms with Gasteiger partial charge in [-0.25, -0.2) is 0 Å². The van der Waals surface area contributed by atoms with E-state index >= 15 is 0 Å². The van der Waals surface area contributed by atoms with Gasteiger partial charge in [0.1, 0.15) is 0 Å². The van der Waals surface area contributed by atoms with Gasteiger partial charge in [0.25, 0.3) is 0 Å². The van der Waals surface area contributed by atoms with Gasteiger partial charge in [-0.1, -0.05) is 55.6 Å². The maximum absolute atomic E-state index is 6.19. The standard InChI is InChI=1S/C12H17Cl2N/c1-3-6-11(15-4-2)9-7-5-8-10(13)12(9)14/h5,7-8,11,15H,3-4,6H2,1-2H3. The molecule has 0 bridgehead atoms. The summed E-state index contributed by atoms with van der Waals surface area (Å²) in [5, 5.41) is 4.74. The fourth-order valence-corrected chi connectivity index (χ4v) is 2.13. The molecule has 3 heteroatoms. The van der Waals surface area contributed by atoms with Crippen molar-refractivity contribution in [3.63, 3.8) is 0 Å². The Hall–Kier alpha value is -0.240. The third-order valence-electron chi connectivity index (χ3n) is 2.38. The Morgan fingerprint density at radius 3 is 2.60 bits per heavy atom. The highest BCUT2D eigenvalue weighted by Crippen LogP contribution is 2.31. The van der Waals surface area contributed by atoms with Crippen LogP contribution in [0.4, 0.5) is 0 Å². The molecular weight excluding hydrogens is 229 g/mol. The minimum atomic E-state index is 0.311. The Bertz CT molecular complexity index is 306. The second-order valence-corrected chi connectivity index (χ2v) is 4.33. The van der Waals surface area contributed by atoms with Crippen molar-refractivity contribution in [3.8, 4) is 0 Å². The zero-order valence-corrected chi connectivity index (χ0v) is 10.7. The Morgan fingerprint density at radius 1 is 1.27 bits per heavy atom. The summed E-state index contributed by atoms with van der Waals surface area (Å²) >= 11 is 12.2. The van der Waals surface area contributed by atoms with Crippen molar-refractivity contribution < 1.29 is 0 Å². The van der Waals surface area contributed by atoms with E-state index in [1.807, 2.05) is 18.2 Å². The second-order valence-electron chi connectivity index (χ2n) is 3.54. The third-order valence-corrected chi connectivity index (χ3v) is 3.22. The number of hydrogen-bond donors (Lipinski definition) is 1. The van der Waals surface area contributed by atoms with Crippen LogP contribution in [0.1, 0.15) is 38.3 Å². The molecule has 0 aromatic heterocycles. The first-order valence-electron chi connectivity index (χ1n) is 5.38. The lowest BCUT2D eigenvalue weighted by atomic mass is 10.0. The molecule has 0 aliphatic carbocycles. The van der Waals surface area contributed by atoms with Crippen molar-refractivity contribution in [2.24, 2.45) is 0 Å². The van der Waals surface area contributed by atoms with Crippen LogP contribution in [0.2, 0.25) is 10.0 Å². The van der Waals surface area contributed by atoms with Gasteiger partial charge in [-0.15, -0.1) is 0 Å². The number of rotatable bonds is 5. The number of hydrogen-bond acceptors (Lipinski definition) is 1. The van der Waals surface area contributed by atoms with Gasteiger partial charge >= 0.3 is 0 Å². The summed E-state index contributed by atoms with van der Waals surface area (Å²) < 4.78 is 0. The van der Waals surface area contributed by atoms with Gasteiger partial charge in [-0.05, 0) is 24.6 Å². The predicted molar refractivity (Wildman–Crippen MR) is 67.8 cm³/mol. The maximum atomic E-state index is 6.19. The molecule has 0 spiro atoms. The Labute approximate surface area is 102 Å². The normalized spacial score (nSPS) is 12.8. The Balaban J connectivity index is 2.94. The van der Waals surface area contributed by atoms with E-state index in [0.717, 1.165) is 24.9 Å². The topological polar surface area (TPSA) is 12.0 Å². The van der Waals surface area contributed by atoms with Gasteiger partial charge in [0.05, 0.1) is 10.0 Å². The summed E-state index contributed by atoms with van der Waals surface area (Å²) in [4.78, 5) is 0. The molecule has 0 radical (unpaired) electrons. The van der Waals surface area contributed by atoms with E-state index in [0.29, 0.717) is 16.1 Å². The van der Waals surface area contributed by atoms with Crippen LogP contribution in [-0.2, 0) is 0 Å². The van der Waals surface area contributed by atoms with Crippen molar-refractivity contribution in [1.82, 2.24) is 5.32 Å². The van der Waals surface area contributed by atoms with Gasteiger partial charge in [0.2, 0.25) is 0 Å². The van der Waals surface area contributed by atoms with Gasteiger partial charge in [0.15, 0.2) is 0 Å². The lowest BCUT2D eigenvalue weighted by Gasteiger charge is -2.19. The van der Waals surface area contributed by atoms with Crippen LogP contribution >= 0.6 is 23.2 Å². The smallest absolute Gasteiger partial charge is 0.0640 e. The summed E-state index contributed by atoms with van der Waals surface area (Å²) in [6.07, 6.45) is 2.20. The molecule has 0 amide bonds. The van der Waals surface area contributed by atoms with Crippen molar-refractivity contribution in [2.45, 2.75) is 32.7 Å². The first-order chi connectivity index (χ1) is 7.20. The first kappa shape index (κ1) is 12.8. The number of benzene rings is 1. The van der Waals surface area contributed by atoms with E-state index in [1.165, 1.54) is 0 Å². The Kier molecular flexibility index (Phi) is 5.44. The van der Waals surface area contributed by atoms with Crippen LogP contribution in [0.25, 0.3) is 0 Å². The molecule has 0 saturated carbocycles. The quantitative estimate of drug-likeness (QED) is 0.809. The van der Waals surface area contributed by atoms with Gasteiger partial charge in [0, 0.05) is 6.04 Å². The highest BCUT2D eigenvalue weighted by atomic mass is 35.5. The van der Waals surface area contributed by atoms with E-state index < -0.39 is 0 Å². The number of nitrogens with one attached hydrogen (secondary N) is 1. The van der Waals surface area contributed by atoms with Crippen molar-refractivity contribution in [2.75, 3.05) is 6.54 Å². The highest BCUT2D eigenvalue weighted by molar-refractivity contribution is 6.42. The molecule has 0 aliphatic heterocycles. The summed E-state index contributed by atoms with van der Waals surface area (Å²) in [5.74, 6) is 0. The number of halogens is 2. The largest absolute Gasteiger partial charge is 0.310 e. The SMILES string of the molecule is CCCC(NCC)c1cccc(Cl)c1Cl. The summed E-state index contributed by atoms with van der Waals surface area (Å²) in [7, 11) is 0. The monoisotopic (exact) mass is 245 g/mol.